The normalized spacial score (nSPS) is 11.8. The van der Waals surface area contributed by atoms with Crippen LogP contribution in [-0.2, 0) is 6.54 Å². The van der Waals surface area contributed by atoms with Gasteiger partial charge in [0.25, 0.3) is 5.56 Å². The van der Waals surface area contributed by atoms with Gasteiger partial charge in [-0.05, 0) is 58.2 Å². The van der Waals surface area contributed by atoms with E-state index in [0.717, 1.165) is 17.4 Å². The lowest BCUT2D eigenvalue weighted by atomic mass is 10.0. The molecule has 0 bridgehead atoms. The van der Waals surface area contributed by atoms with Crippen LogP contribution in [0.25, 0.3) is 0 Å². The van der Waals surface area contributed by atoms with Gasteiger partial charge in [-0.15, -0.1) is 0 Å². The maximum Gasteiger partial charge on any atom is 0.264 e. The first-order valence-electron chi connectivity index (χ1n) is 5.66. The number of halogens is 2. The molecule has 1 N–H and O–H groups in total. The zero-order valence-electron chi connectivity index (χ0n) is 10.4. The molecule has 17 heavy (non-hydrogen) atoms. The van der Waals surface area contributed by atoms with E-state index < -0.39 is 0 Å². The second kappa shape index (κ2) is 6.16. The Kier molecular flexibility index (Phi) is 5.41. The molecule has 1 aromatic rings. The molecule has 0 radical (unpaired) electrons. The maximum absolute atomic E-state index is 11.8. The number of pyridine rings is 1. The lowest BCUT2D eigenvalue weighted by molar-refractivity contribution is 0.366. The van der Waals surface area contributed by atoms with Crippen LogP contribution < -0.4 is 10.9 Å². The topological polar surface area (TPSA) is 34.0 Å². The van der Waals surface area contributed by atoms with Gasteiger partial charge in [0.2, 0.25) is 0 Å². The van der Waals surface area contributed by atoms with E-state index in [4.69, 9.17) is 0 Å². The zero-order chi connectivity index (χ0) is 13.1. The predicted molar refractivity (Wildman–Crippen MR) is 78.5 cm³/mol. The number of nitrogens with zero attached hydrogens (tertiary/aromatic N) is 1. The minimum Gasteiger partial charge on any atom is -0.312 e. The van der Waals surface area contributed by atoms with Crippen LogP contribution >= 0.6 is 31.9 Å². The van der Waals surface area contributed by atoms with Crippen LogP contribution in [0.4, 0.5) is 0 Å². The summed E-state index contributed by atoms with van der Waals surface area (Å²) in [6.07, 6.45) is 2.87. The van der Waals surface area contributed by atoms with Gasteiger partial charge >= 0.3 is 0 Å². The molecule has 1 rings (SSSR count). The van der Waals surface area contributed by atoms with Crippen molar-refractivity contribution < 1.29 is 0 Å². The van der Waals surface area contributed by atoms with Crippen LogP contribution in [0.15, 0.2) is 26.0 Å². The summed E-state index contributed by atoms with van der Waals surface area (Å²) in [4.78, 5) is 11.8. The molecule has 3 nitrogen and oxygen atoms in total. The van der Waals surface area contributed by atoms with Crippen LogP contribution in [0.1, 0.15) is 27.2 Å². The van der Waals surface area contributed by atoms with Gasteiger partial charge in [-0.25, -0.2) is 0 Å². The molecule has 0 spiro atoms. The van der Waals surface area contributed by atoms with E-state index in [9.17, 15) is 4.79 Å². The molecule has 0 unspecified atom stereocenters. The summed E-state index contributed by atoms with van der Waals surface area (Å²) < 4.78 is 3.19. The molecule has 0 saturated carbocycles. The number of rotatable bonds is 5. The highest BCUT2D eigenvalue weighted by atomic mass is 79.9. The SMILES string of the molecule is CCC(C)(C)NCCn1cc(Br)cc(Br)c1=O. The Morgan fingerprint density at radius 1 is 1.41 bits per heavy atom. The molecule has 0 atom stereocenters. The number of hydrogen-bond donors (Lipinski definition) is 1. The fourth-order valence-corrected chi connectivity index (χ4v) is 2.63. The van der Waals surface area contributed by atoms with E-state index in [1.807, 2.05) is 6.20 Å². The monoisotopic (exact) mass is 364 g/mol. The second-order valence-corrected chi connectivity index (χ2v) is 6.44. The van der Waals surface area contributed by atoms with Crippen molar-refractivity contribution in [2.45, 2.75) is 39.3 Å². The summed E-state index contributed by atoms with van der Waals surface area (Å²) >= 11 is 6.64. The number of hydrogen-bond acceptors (Lipinski definition) is 2. The highest BCUT2D eigenvalue weighted by Crippen LogP contribution is 2.12. The molecule has 1 aromatic heterocycles. The highest BCUT2D eigenvalue weighted by molar-refractivity contribution is 9.11. The molecular formula is C12H18Br2N2O. The summed E-state index contributed by atoms with van der Waals surface area (Å²) in [5.74, 6) is 0. The van der Waals surface area contributed by atoms with Gasteiger partial charge in [0.1, 0.15) is 0 Å². The second-order valence-electron chi connectivity index (χ2n) is 4.67. The van der Waals surface area contributed by atoms with Crippen LogP contribution in [0.5, 0.6) is 0 Å². The standard InChI is InChI=1S/C12H18Br2N2O/c1-4-12(2,3)15-5-6-16-8-9(13)7-10(14)11(16)17/h7-8,15H,4-6H2,1-3H3. The van der Waals surface area contributed by atoms with Gasteiger partial charge < -0.3 is 9.88 Å². The Morgan fingerprint density at radius 3 is 2.65 bits per heavy atom. The van der Waals surface area contributed by atoms with Crippen molar-refractivity contribution in [2.24, 2.45) is 0 Å². The van der Waals surface area contributed by atoms with Crippen molar-refractivity contribution in [3.63, 3.8) is 0 Å². The van der Waals surface area contributed by atoms with Gasteiger partial charge in [-0.2, -0.15) is 0 Å². The Labute approximate surface area is 119 Å². The van der Waals surface area contributed by atoms with Gasteiger partial charge in [0, 0.05) is 29.3 Å². The Bertz CT molecular complexity index is 441. The summed E-state index contributed by atoms with van der Waals surface area (Å²) in [6.45, 7) is 7.91. The van der Waals surface area contributed by atoms with Crippen molar-refractivity contribution in [2.75, 3.05) is 6.54 Å². The average molecular weight is 366 g/mol. The lowest BCUT2D eigenvalue weighted by Crippen LogP contribution is -2.41. The third-order valence-corrected chi connectivity index (χ3v) is 3.85. The van der Waals surface area contributed by atoms with Crippen molar-refractivity contribution in [3.05, 3.63) is 31.6 Å². The fraction of sp³-hybridized carbons (Fsp3) is 0.583. The largest absolute Gasteiger partial charge is 0.312 e. The van der Waals surface area contributed by atoms with E-state index in [1.165, 1.54) is 0 Å². The molecule has 0 fully saturated rings. The minimum absolute atomic E-state index is 0.00399. The highest BCUT2D eigenvalue weighted by Gasteiger charge is 2.13. The van der Waals surface area contributed by atoms with E-state index in [2.05, 4.69) is 57.9 Å². The predicted octanol–water partition coefficient (Wildman–Crippen LogP) is 3.15. The van der Waals surface area contributed by atoms with E-state index >= 15 is 0 Å². The smallest absolute Gasteiger partial charge is 0.264 e. The van der Waals surface area contributed by atoms with Crippen molar-refractivity contribution in [3.8, 4) is 0 Å². The molecule has 0 aromatic carbocycles. The maximum atomic E-state index is 11.8. The molecule has 0 aliphatic rings. The van der Waals surface area contributed by atoms with Gasteiger partial charge in [0.05, 0.1) is 4.47 Å². The number of nitrogens with one attached hydrogen (secondary N) is 1. The van der Waals surface area contributed by atoms with Crippen LogP contribution in [0, 0.1) is 0 Å². The first-order chi connectivity index (χ1) is 7.85. The van der Waals surface area contributed by atoms with Gasteiger partial charge in [-0.1, -0.05) is 6.92 Å². The summed E-state index contributed by atoms with van der Waals surface area (Å²) in [7, 11) is 0. The Balaban J connectivity index is 2.67. The molecule has 0 amide bonds. The summed E-state index contributed by atoms with van der Waals surface area (Å²) in [5, 5.41) is 3.43. The number of aromatic nitrogens is 1. The van der Waals surface area contributed by atoms with Crippen molar-refractivity contribution in [1.29, 1.82) is 0 Å². The summed E-state index contributed by atoms with van der Waals surface area (Å²) in [5.41, 5.74) is 0.122. The van der Waals surface area contributed by atoms with Gasteiger partial charge in [-0.3, -0.25) is 4.79 Å². The molecule has 1 heterocycles. The molecule has 96 valence electrons. The quantitative estimate of drug-likeness (QED) is 0.869. The fourth-order valence-electron chi connectivity index (χ4n) is 1.37. The molecule has 0 aliphatic heterocycles. The van der Waals surface area contributed by atoms with E-state index in [-0.39, 0.29) is 11.1 Å². The van der Waals surface area contributed by atoms with Gasteiger partial charge in [0.15, 0.2) is 0 Å². The average Bonchev–Trinajstić information content (AvgIpc) is 2.24. The first kappa shape index (κ1) is 14.9. The van der Waals surface area contributed by atoms with Crippen LogP contribution in [0.3, 0.4) is 0 Å². The third kappa shape index (κ3) is 4.56. The molecule has 5 heteroatoms. The van der Waals surface area contributed by atoms with Crippen LogP contribution in [0.2, 0.25) is 0 Å². The third-order valence-electron chi connectivity index (χ3n) is 2.85. The Morgan fingerprint density at radius 2 is 2.06 bits per heavy atom. The van der Waals surface area contributed by atoms with Crippen molar-refractivity contribution >= 4 is 31.9 Å². The minimum atomic E-state index is 0.00399. The van der Waals surface area contributed by atoms with Crippen LogP contribution in [-0.4, -0.2) is 16.7 Å². The molecule has 0 saturated heterocycles. The summed E-state index contributed by atoms with van der Waals surface area (Å²) in [6, 6.07) is 1.77. The Hall–Kier alpha value is -0.130. The van der Waals surface area contributed by atoms with Crippen molar-refractivity contribution in [1.82, 2.24) is 9.88 Å². The van der Waals surface area contributed by atoms with E-state index in [1.54, 1.807) is 10.6 Å². The molecular weight excluding hydrogens is 348 g/mol. The lowest BCUT2D eigenvalue weighted by Gasteiger charge is -2.24. The van der Waals surface area contributed by atoms with E-state index in [0.29, 0.717) is 11.0 Å². The first-order valence-corrected chi connectivity index (χ1v) is 7.25. The molecule has 0 aliphatic carbocycles. The zero-order valence-corrected chi connectivity index (χ0v) is 13.6.